The van der Waals surface area contributed by atoms with Crippen molar-refractivity contribution in [3.8, 4) is 0 Å². The van der Waals surface area contributed by atoms with Crippen molar-refractivity contribution in [2.75, 3.05) is 0 Å². The van der Waals surface area contributed by atoms with E-state index < -0.39 is 11.8 Å². The summed E-state index contributed by atoms with van der Waals surface area (Å²) < 4.78 is 15.1. The van der Waals surface area contributed by atoms with Crippen LogP contribution in [0.3, 0.4) is 0 Å². The number of hydrogen-bond donors (Lipinski definition) is 1. The second-order valence-electron chi connectivity index (χ2n) is 4.61. The van der Waals surface area contributed by atoms with Gasteiger partial charge in [0, 0.05) is 5.69 Å². The Bertz CT molecular complexity index is 647. The highest BCUT2D eigenvalue weighted by Gasteiger charge is 2.11. The maximum absolute atomic E-state index is 13.4. The van der Waals surface area contributed by atoms with Crippen molar-refractivity contribution in [1.82, 2.24) is 9.78 Å². The Labute approximate surface area is 110 Å². The van der Waals surface area contributed by atoms with Crippen LogP contribution in [0.4, 0.5) is 4.39 Å². The second kappa shape index (κ2) is 4.84. The Hall–Kier alpha value is -2.17. The molecule has 0 aliphatic carbocycles. The summed E-state index contributed by atoms with van der Waals surface area (Å²) in [5.41, 5.74) is 3.55. The predicted octanol–water partition coefficient (Wildman–Crippen LogP) is 2.69. The summed E-state index contributed by atoms with van der Waals surface area (Å²) in [5.74, 6) is -1.68. The number of benzene rings is 1. The van der Waals surface area contributed by atoms with Crippen molar-refractivity contribution in [3.05, 3.63) is 52.1 Å². The van der Waals surface area contributed by atoms with E-state index in [-0.39, 0.29) is 5.56 Å². The maximum atomic E-state index is 13.4. The number of carboxylic acids is 1. The van der Waals surface area contributed by atoms with E-state index >= 15 is 0 Å². The fraction of sp³-hybridized carbons (Fsp3) is 0.286. The topological polar surface area (TPSA) is 55.1 Å². The van der Waals surface area contributed by atoms with Crippen LogP contribution in [0, 0.1) is 26.6 Å². The van der Waals surface area contributed by atoms with Gasteiger partial charge in [-0.25, -0.2) is 9.18 Å². The van der Waals surface area contributed by atoms with Crippen molar-refractivity contribution < 1.29 is 14.3 Å². The molecular formula is C14H15FN2O2. The lowest BCUT2D eigenvalue weighted by molar-refractivity contribution is 0.0696. The third-order valence-corrected chi connectivity index (χ3v) is 3.28. The van der Waals surface area contributed by atoms with Crippen molar-refractivity contribution in [2.24, 2.45) is 0 Å². The zero-order valence-corrected chi connectivity index (χ0v) is 11.1. The highest BCUT2D eigenvalue weighted by molar-refractivity contribution is 5.87. The highest BCUT2D eigenvalue weighted by atomic mass is 19.1. The minimum atomic E-state index is -1.13. The predicted molar refractivity (Wildman–Crippen MR) is 68.9 cm³/mol. The normalized spacial score (nSPS) is 10.7. The van der Waals surface area contributed by atoms with E-state index in [4.69, 9.17) is 5.11 Å². The van der Waals surface area contributed by atoms with E-state index in [1.165, 1.54) is 12.1 Å². The van der Waals surface area contributed by atoms with Gasteiger partial charge in [0.2, 0.25) is 0 Å². The summed E-state index contributed by atoms with van der Waals surface area (Å²) >= 11 is 0. The van der Waals surface area contributed by atoms with E-state index in [9.17, 15) is 9.18 Å². The largest absolute Gasteiger partial charge is 0.478 e. The van der Waals surface area contributed by atoms with Crippen LogP contribution in [0.15, 0.2) is 18.2 Å². The van der Waals surface area contributed by atoms with Gasteiger partial charge in [0.1, 0.15) is 5.82 Å². The standard InChI is InChI=1S/C14H15FN2O2/c1-8-9(2)16-17(10(8)3)7-11-4-12(14(18)19)6-13(15)5-11/h4-6H,7H2,1-3H3,(H,18,19). The number of hydrogen-bond acceptors (Lipinski definition) is 2. The first-order chi connectivity index (χ1) is 8.88. The van der Waals surface area contributed by atoms with Gasteiger partial charge in [0.05, 0.1) is 17.8 Å². The lowest BCUT2D eigenvalue weighted by Crippen LogP contribution is -2.06. The molecule has 0 aliphatic heterocycles. The molecule has 1 N–H and O–H groups in total. The average Bonchev–Trinajstić information content (AvgIpc) is 2.56. The summed E-state index contributed by atoms with van der Waals surface area (Å²) in [7, 11) is 0. The van der Waals surface area contributed by atoms with Crippen molar-refractivity contribution in [1.29, 1.82) is 0 Å². The molecule has 0 saturated heterocycles. The molecule has 0 unspecified atom stereocenters. The van der Waals surface area contributed by atoms with Crippen LogP contribution in [0.2, 0.25) is 0 Å². The highest BCUT2D eigenvalue weighted by Crippen LogP contribution is 2.15. The molecule has 1 aromatic carbocycles. The molecule has 0 bridgehead atoms. The number of nitrogens with zero attached hydrogens (tertiary/aromatic N) is 2. The number of aryl methyl sites for hydroxylation is 1. The number of carboxylic acid groups (broad SMARTS) is 1. The molecule has 0 radical (unpaired) electrons. The van der Waals surface area contributed by atoms with Crippen LogP contribution in [0.1, 0.15) is 32.9 Å². The minimum Gasteiger partial charge on any atom is -0.478 e. The quantitative estimate of drug-likeness (QED) is 0.925. The molecule has 0 spiro atoms. The monoisotopic (exact) mass is 262 g/mol. The van der Waals surface area contributed by atoms with Gasteiger partial charge in [-0.1, -0.05) is 0 Å². The van der Waals surface area contributed by atoms with E-state index in [0.717, 1.165) is 23.0 Å². The summed E-state index contributed by atoms with van der Waals surface area (Å²) in [6, 6.07) is 3.81. The number of aromatic carboxylic acids is 1. The molecule has 0 amide bonds. The molecule has 4 nitrogen and oxygen atoms in total. The van der Waals surface area contributed by atoms with Gasteiger partial charge in [-0.2, -0.15) is 5.10 Å². The van der Waals surface area contributed by atoms with Crippen molar-refractivity contribution in [3.63, 3.8) is 0 Å². The Kier molecular flexibility index (Phi) is 3.38. The lowest BCUT2D eigenvalue weighted by Gasteiger charge is -2.06. The Morgan fingerprint density at radius 2 is 2.00 bits per heavy atom. The summed E-state index contributed by atoms with van der Waals surface area (Å²) in [6.07, 6.45) is 0. The summed E-state index contributed by atoms with van der Waals surface area (Å²) in [5, 5.41) is 13.3. The number of aromatic nitrogens is 2. The molecule has 0 saturated carbocycles. The van der Waals surface area contributed by atoms with Crippen molar-refractivity contribution >= 4 is 5.97 Å². The Balaban J connectivity index is 2.38. The van der Waals surface area contributed by atoms with E-state index in [2.05, 4.69) is 5.10 Å². The zero-order chi connectivity index (χ0) is 14.2. The van der Waals surface area contributed by atoms with Crippen LogP contribution in [0.25, 0.3) is 0 Å². The molecule has 1 aromatic heterocycles. The molecule has 2 aromatic rings. The van der Waals surface area contributed by atoms with Gasteiger partial charge < -0.3 is 5.11 Å². The SMILES string of the molecule is Cc1nn(Cc2cc(F)cc(C(=O)O)c2)c(C)c1C. The van der Waals surface area contributed by atoms with Crippen LogP contribution < -0.4 is 0 Å². The molecule has 0 aliphatic rings. The summed E-state index contributed by atoms with van der Waals surface area (Å²) in [4.78, 5) is 10.9. The fourth-order valence-electron chi connectivity index (χ4n) is 1.98. The van der Waals surface area contributed by atoms with Gasteiger partial charge >= 0.3 is 5.97 Å². The van der Waals surface area contributed by atoms with E-state index in [1.54, 1.807) is 4.68 Å². The average molecular weight is 262 g/mol. The zero-order valence-electron chi connectivity index (χ0n) is 11.1. The molecule has 2 rings (SSSR count). The van der Waals surface area contributed by atoms with Gasteiger partial charge in [-0.05, 0) is 50.1 Å². The van der Waals surface area contributed by atoms with Gasteiger partial charge in [-0.3, -0.25) is 4.68 Å². The van der Waals surface area contributed by atoms with Gasteiger partial charge in [0.15, 0.2) is 0 Å². The first kappa shape index (κ1) is 13.3. The minimum absolute atomic E-state index is 0.0479. The second-order valence-corrected chi connectivity index (χ2v) is 4.61. The molecule has 1 heterocycles. The van der Waals surface area contributed by atoms with E-state index in [1.807, 2.05) is 20.8 Å². The summed E-state index contributed by atoms with van der Waals surface area (Å²) in [6.45, 7) is 6.18. The molecule has 0 atom stereocenters. The van der Waals surface area contributed by atoms with Crippen LogP contribution in [-0.4, -0.2) is 20.9 Å². The first-order valence-corrected chi connectivity index (χ1v) is 5.92. The third-order valence-electron chi connectivity index (χ3n) is 3.28. The van der Waals surface area contributed by atoms with Crippen LogP contribution >= 0.6 is 0 Å². The molecular weight excluding hydrogens is 247 g/mol. The molecule has 19 heavy (non-hydrogen) atoms. The first-order valence-electron chi connectivity index (χ1n) is 5.92. The molecule has 5 heteroatoms. The molecule has 100 valence electrons. The van der Waals surface area contributed by atoms with Gasteiger partial charge in [-0.15, -0.1) is 0 Å². The lowest BCUT2D eigenvalue weighted by atomic mass is 10.1. The van der Waals surface area contributed by atoms with E-state index in [0.29, 0.717) is 12.1 Å². The number of rotatable bonds is 3. The number of carbonyl (C=O) groups is 1. The smallest absolute Gasteiger partial charge is 0.335 e. The fourth-order valence-corrected chi connectivity index (χ4v) is 1.98. The van der Waals surface area contributed by atoms with Crippen molar-refractivity contribution in [2.45, 2.75) is 27.3 Å². The van der Waals surface area contributed by atoms with Crippen LogP contribution in [-0.2, 0) is 6.54 Å². The Morgan fingerprint density at radius 3 is 2.53 bits per heavy atom. The molecule has 0 fully saturated rings. The van der Waals surface area contributed by atoms with Crippen LogP contribution in [0.5, 0.6) is 0 Å². The third kappa shape index (κ3) is 2.65. The van der Waals surface area contributed by atoms with Gasteiger partial charge in [0.25, 0.3) is 0 Å². The number of halogens is 1. The maximum Gasteiger partial charge on any atom is 0.335 e. The Morgan fingerprint density at radius 1 is 1.32 bits per heavy atom.